The molecule has 3 amide bonds. The van der Waals surface area contributed by atoms with Gasteiger partial charge in [0, 0.05) is 21.8 Å². The molecule has 0 aromatic heterocycles. The molecule has 0 unspecified atom stereocenters. The average molecular weight is 612 g/mol. The molecule has 11 heteroatoms. The molecule has 176 valence electrons. The van der Waals surface area contributed by atoms with E-state index in [2.05, 4.69) is 31.9 Å². The van der Waals surface area contributed by atoms with Crippen LogP contribution in [0.15, 0.2) is 48.5 Å². The fourth-order valence-electron chi connectivity index (χ4n) is 5.47. The first-order valence-electron chi connectivity index (χ1n) is 10.7. The number of nitrogens with zero attached hydrogens (tertiary/aromatic N) is 3. The number of benzene rings is 2. The number of alkyl halides is 2. The van der Waals surface area contributed by atoms with E-state index in [-0.39, 0.29) is 44.3 Å². The molecule has 0 radical (unpaired) electrons. The molecule has 1 aliphatic heterocycles. The van der Waals surface area contributed by atoms with Crippen LogP contribution >= 0.6 is 43.5 Å². The summed E-state index contributed by atoms with van der Waals surface area (Å²) in [6, 6.07) is 12.1. The Balaban J connectivity index is 1.53. The fourth-order valence-corrected chi connectivity index (χ4v) is 7.56. The number of hydrogen-bond donors (Lipinski definition) is 0. The first-order chi connectivity index (χ1) is 16.2. The molecule has 2 bridgehead atoms. The van der Waals surface area contributed by atoms with Crippen molar-refractivity contribution in [3.05, 3.63) is 74.8 Å². The predicted molar refractivity (Wildman–Crippen MR) is 130 cm³/mol. The number of non-ortho nitro benzene ring substituents is 1. The van der Waals surface area contributed by atoms with Crippen LogP contribution in [0.3, 0.4) is 0 Å². The Morgan fingerprint density at radius 1 is 1.03 bits per heavy atom. The summed E-state index contributed by atoms with van der Waals surface area (Å²) >= 11 is 13.6. The highest BCUT2D eigenvalue weighted by atomic mass is 79.9. The van der Waals surface area contributed by atoms with E-state index in [1.165, 1.54) is 30.3 Å². The number of hydrazine groups is 1. The van der Waals surface area contributed by atoms with Gasteiger partial charge in [0.05, 0.1) is 33.9 Å². The van der Waals surface area contributed by atoms with E-state index in [1.807, 2.05) is 0 Å². The van der Waals surface area contributed by atoms with Crippen LogP contribution in [-0.4, -0.2) is 42.3 Å². The molecule has 3 aliphatic rings. The third kappa shape index (κ3) is 3.58. The molecule has 1 saturated heterocycles. The number of fused-ring (bicyclic) bond motifs is 5. The lowest BCUT2D eigenvalue weighted by molar-refractivity contribution is -0.384. The average Bonchev–Trinajstić information content (AvgIpc) is 3.43. The van der Waals surface area contributed by atoms with Crippen LogP contribution < -0.4 is 0 Å². The molecule has 0 spiro atoms. The highest BCUT2D eigenvalue weighted by molar-refractivity contribution is 9.12. The first-order valence-corrected chi connectivity index (χ1v) is 12.9. The number of carbonyl (C=O) groups is 3. The van der Waals surface area contributed by atoms with E-state index in [9.17, 15) is 24.5 Å². The van der Waals surface area contributed by atoms with Crippen molar-refractivity contribution in [3.8, 4) is 0 Å². The Morgan fingerprint density at radius 2 is 1.59 bits per heavy atom. The standard InChI is InChI=1S/C23H18Br2ClN3O5/c24-19-14-9-15(20(19)25)18-17(14)22(31)28(23(18)32)27(21(30)13-3-1-2-4-16(13)26)10-11-5-7-12(8-6-11)29(33)34/h1-8,14-15,17-20H,9-10H2/t14-,15-,17-,18+,19+,20+/m1/s1. The van der Waals surface area contributed by atoms with Gasteiger partial charge in [-0.15, -0.1) is 0 Å². The lowest BCUT2D eigenvalue weighted by atomic mass is 9.81. The molecular formula is C23H18Br2ClN3O5. The van der Waals surface area contributed by atoms with Gasteiger partial charge in [0.1, 0.15) is 0 Å². The quantitative estimate of drug-likeness (QED) is 0.213. The number of rotatable bonds is 5. The van der Waals surface area contributed by atoms with Crippen LogP contribution in [0.25, 0.3) is 0 Å². The Morgan fingerprint density at radius 3 is 2.12 bits per heavy atom. The summed E-state index contributed by atoms with van der Waals surface area (Å²) < 4.78 is 0. The summed E-state index contributed by atoms with van der Waals surface area (Å²) in [7, 11) is 0. The zero-order chi connectivity index (χ0) is 24.3. The van der Waals surface area contributed by atoms with E-state index >= 15 is 0 Å². The first kappa shape index (κ1) is 23.4. The molecule has 3 fully saturated rings. The Hall–Kier alpha value is -2.30. The summed E-state index contributed by atoms with van der Waals surface area (Å²) in [5.74, 6) is -2.37. The second-order valence-corrected chi connectivity index (χ2v) is 11.3. The molecule has 0 N–H and O–H groups in total. The van der Waals surface area contributed by atoms with Gasteiger partial charge in [-0.05, 0) is 36.0 Å². The SMILES string of the molecule is O=C(c1ccccc1Cl)N(Cc1ccc([N+](=O)[O-])cc1)N1C(=O)[C@@H]2[C@H]3C[C@@H]([C@H](Br)[C@H]3Br)[C@@H]2C1=O. The normalized spacial score (nSPS) is 29.4. The van der Waals surface area contributed by atoms with E-state index in [0.29, 0.717) is 5.56 Å². The Bertz CT molecular complexity index is 1180. The van der Waals surface area contributed by atoms with Gasteiger partial charge in [0.15, 0.2) is 0 Å². The largest absolute Gasteiger partial charge is 0.274 e. The molecule has 5 rings (SSSR count). The van der Waals surface area contributed by atoms with Crippen LogP contribution in [0.2, 0.25) is 5.02 Å². The summed E-state index contributed by atoms with van der Waals surface area (Å²) in [5, 5.41) is 13.3. The van der Waals surface area contributed by atoms with Crippen molar-refractivity contribution in [1.29, 1.82) is 0 Å². The summed E-state index contributed by atoms with van der Waals surface area (Å²) in [6.45, 7) is -0.121. The number of halogens is 3. The molecule has 8 nitrogen and oxygen atoms in total. The zero-order valence-corrected chi connectivity index (χ0v) is 21.4. The molecule has 2 aliphatic carbocycles. The van der Waals surface area contributed by atoms with Crippen LogP contribution in [-0.2, 0) is 16.1 Å². The monoisotopic (exact) mass is 609 g/mol. The van der Waals surface area contributed by atoms with Gasteiger partial charge in [0.2, 0.25) is 0 Å². The van der Waals surface area contributed by atoms with Crippen LogP contribution in [0.5, 0.6) is 0 Å². The van der Waals surface area contributed by atoms with Gasteiger partial charge in [-0.1, -0.05) is 67.7 Å². The van der Waals surface area contributed by atoms with Crippen molar-refractivity contribution in [2.75, 3.05) is 0 Å². The van der Waals surface area contributed by atoms with Crippen molar-refractivity contribution < 1.29 is 19.3 Å². The summed E-state index contributed by atoms with van der Waals surface area (Å²) in [6.07, 6.45) is 0.771. The van der Waals surface area contributed by atoms with Gasteiger partial charge in [0.25, 0.3) is 23.4 Å². The maximum Gasteiger partial charge on any atom is 0.274 e. The van der Waals surface area contributed by atoms with Crippen molar-refractivity contribution in [1.82, 2.24) is 10.0 Å². The lowest BCUT2D eigenvalue weighted by Gasteiger charge is -2.31. The molecule has 2 saturated carbocycles. The third-order valence-electron chi connectivity index (χ3n) is 7.02. The van der Waals surface area contributed by atoms with Crippen LogP contribution in [0, 0.1) is 33.8 Å². The number of imide groups is 1. The number of hydrogen-bond acceptors (Lipinski definition) is 5. The van der Waals surface area contributed by atoms with E-state index < -0.39 is 34.5 Å². The minimum atomic E-state index is -0.594. The summed E-state index contributed by atoms with van der Waals surface area (Å²) in [5.41, 5.74) is 0.589. The van der Waals surface area contributed by atoms with Gasteiger partial charge in [-0.25, -0.2) is 5.01 Å². The van der Waals surface area contributed by atoms with E-state index in [1.54, 1.807) is 18.2 Å². The van der Waals surface area contributed by atoms with Gasteiger partial charge >= 0.3 is 0 Å². The van der Waals surface area contributed by atoms with E-state index in [4.69, 9.17) is 11.6 Å². The molecular weight excluding hydrogens is 594 g/mol. The smallest absolute Gasteiger partial charge is 0.272 e. The van der Waals surface area contributed by atoms with Gasteiger partial charge < -0.3 is 0 Å². The second kappa shape index (κ2) is 8.73. The third-order valence-corrected chi connectivity index (χ3v) is 10.6. The molecule has 1 heterocycles. The minimum absolute atomic E-state index is 0.00235. The molecule has 34 heavy (non-hydrogen) atoms. The van der Waals surface area contributed by atoms with Gasteiger partial charge in [-0.3, -0.25) is 24.5 Å². The number of carbonyl (C=O) groups excluding carboxylic acids is 3. The maximum absolute atomic E-state index is 13.6. The van der Waals surface area contributed by atoms with Crippen molar-refractivity contribution in [2.45, 2.75) is 22.6 Å². The molecule has 2 aromatic rings. The number of amides is 3. The fraction of sp³-hybridized carbons (Fsp3) is 0.348. The van der Waals surface area contributed by atoms with Crippen molar-refractivity contribution in [3.63, 3.8) is 0 Å². The number of nitro benzene ring substituents is 1. The van der Waals surface area contributed by atoms with Crippen molar-refractivity contribution >= 4 is 66.9 Å². The van der Waals surface area contributed by atoms with Crippen LogP contribution in [0.1, 0.15) is 22.3 Å². The highest BCUT2D eigenvalue weighted by Crippen LogP contribution is 2.60. The number of nitro groups is 1. The highest BCUT2D eigenvalue weighted by Gasteiger charge is 2.67. The molecule has 2 aromatic carbocycles. The zero-order valence-electron chi connectivity index (χ0n) is 17.5. The molecule has 6 atom stereocenters. The topological polar surface area (TPSA) is 101 Å². The summed E-state index contributed by atoms with van der Waals surface area (Å²) in [4.78, 5) is 51.4. The minimum Gasteiger partial charge on any atom is -0.272 e. The lowest BCUT2D eigenvalue weighted by Crippen LogP contribution is -2.50. The van der Waals surface area contributed by atoms with Gasteiger partial charge in [-0.2, -0.15) is 5.01 Å². The van der Waals surface area contributed by atoms with Crippen LogP contribution in [0.4, 0.5) is 5.69 Å². The maximum atomic E-state index is 13.6. The Kier molecular flexibility index (Phi) is 6.02. The Labute approximate surface area is 216 Å². The predicted octanol–water partition coefficient (Wildman–Crippen LogP) is 4.58. The van der Waals surface area contributed by atoms with Crippen molar-refractivity contribution in [2.24, 2.45) is 23.7 Å². The van der Waals surface area contributed by atoms with E-state index in [0.717, 1.165) is 16.4 Å². The second-order valence-electron chi connectivity index (χ2n) is 8.76.